The molecule has 0 atom stereocenters. The highest BCUT2D eigenvalue weighted by atomic mass is 16.6. The van der Waals surface area contributed by atoms with E-state index in [2.05, 4.69) is 19.8 Å². The van der Waals surface area contributed by atoms with Crippen molar-refractivity contribution in [3.63, 3.8) is 0 Å². The fourth-order valence-electron chi connectivity index (χ4n) is 1.77. The summed E-state index contributed by atoms with van der Waals surface area (Å²) in [6.45, 7) is 5.90. The lowest BCUT2D eigenvalue weighted by molar-refractivity contribution is 0.0521. The fourth-order valence-corrected chi connectivity index (χ4v) is 1.77. The monoisotopic (exact) mass is 368 g/mol. The molecule has 0 fully saturated rings. The van der Waals surface area contributed by atoms with E-state index >= 15 is 0 Å². The number of alkyl carbamates (subject to hydrolysis) is 1. The zero-order valence-corrected chi connectivity index (χ0v) is 15.6. The third-order valence-electron chi connectivity index (χ3n) is 2.85. The van der Waals surface area contributed by atoms with Crippen molar-refractivity contribution in [2.45, 2.75) is 32.8 Å². The Morgan fingerprint density at radius 3 is 2.04 bits per heavy atom. The first kappa shape index (κ1) is 21.2. The standard InChI is InChI=1S/C17H24N2O7/c1-17(2,3)26-16(22)18-7-6-8-25-11-9-12(14(20)23-4)19-13(10-11)15(21)24-5/h9-10H,6-8H2,1-5H3,(H,18,22). The number of nitrogens with one attached hydrogen (secondary N) is 1. The maximum atomic E-state index is 11.6. The van der Waals surface area contributed by atoms with Crippen LogP contribution in [0.1, 0.15) is 48.2 Å². The molecule has 0 saturated carbocycles. The molecule has 0 bridgehead atoms. The zero-order chi connectivity index (χ0) is 19.7. The number of aromatic nitrogens is 1. The Bertz CT molecular complexity index is 619. The van der Waals surface area contributed by atoms with Crippen LogP contribution in [0.2, 0.25) is 0 Å². The molecule has 0 spiro atoms. The van der Waals surface area contributed by atoms with E-state index in [1.54, 1.807) is 20.8 Å². The van der Waals surface area contributed by atoms with Crippen LogP contribution in [0.15, 0.2) is 12.1 Å². The van der Waals surface area contributed by atoms with E-state index in [-0.39, 0.29) is 23.7 Å². The minimum atomic E-state index is -0.702. The molecule has 0 aliphatic rings. The minimum Gasteiger partial charge on any atom is -0.493 e. The molecule has 1 aromatic heterocycles. The molecule has 9 nitrogen and oxygen atoms in total. The second-order valence-corrected chi connectivity index (χ2v) is 6.19. The molecule has 1 aromatic rings. The molecule has 0 aliphatic heterocycles. The van der Waals surface area contributed by atoms with E-state index in [4.69, 9.17) is 9.47 Å². The third-order valence-corrected chi connectivity index (χ3v) is 2.85. The van der Waals surface area contributed by atoms with Crippen LogP contribution in [0.25, 0.3) is 0 Å². The van der Waals surface area contributed by atoms with Crippen LogP contribution < -0.4 is 10.1 Å². The average molecular weight is 368 g/mol. The summed E-state index contributed by atoms with van der Waals surface area (Å²) in [5.41, 5.74) is -0.707. The highest BCUT2D eigenvalue weighted by molar-refractivity contribution is 5.92. The topological polar surface area (TPSA) is 113 Å². The van der Waals surface area contributed by atoms with Crippen molar-refractivity contribution < 1.29 is 33.3 Å². The van der Waals surface area contributed by atoms with Crippen molar-refractivity contribution in [2.75, 3.05) is 27.4 Å². The van der Waals surface area contributed by atoms with Gasteiger partial charge in [-0.25, -0.2) is 19.4 Å². The second-order valence-electron chi connectivity index (χ2n) is 6.19. The van der Waals surface area contributed by atoms with Gasteiger partial charge in [-0.05, 0) is 27.2 Å². The van der Waals surface area contributed by atoms with Gasteiger partial charge in [0.15, 0.2) is 11.4 Å². The lowest BCUT2D eigenvalue weighted by atomic mass is 10.2. The van der Waals surface area contributed by atoms with E-state index in [9.17, 15) is 14.4 Å². The summed E-state index contributed by atoms with van der Waals surface area (Å²) in [7, 11) is 2.41. The van der Waals surface area contributed by atoms with Gasteiger partial charge in [0.05, 0.1) is 20.8 Å². The molecule has 144 valence electrons. The summed E-state index contributed by atoms with van der Waals surface area (Å²) in [5, 5.41) is 2.60. The summed E-state index contributed by atoms with van der Waals surface area (Å²) in [5.74, 6) is -1.14. The van der Waals surface area contributed by atoms with Gasteiger partial charge >= 0.3 is 18.0 Å². The summed E-state index contributed by atoms with van der Waals surface area (Å²) >= 11 is 0. The smallest absolute Gasteiger partial charge is 0.407 e. The van der Waals surface area contributed by atoms with E-state index in [1.165, 1.54) is 26.4 Å². The number of ether oxygens (including phenoxy) is 4. The van der Waals surface area contributed by atoms with Crippen LogP contribution in [0.4, 0.5) is 4.79 Å². The van der Waals surface area contributed by atoms with Gasteiger partial charge in [-0.1, -0.05) is 0 Å². The van der Waals surface area contributed by atoms with Crippen molar-refractivity contribution in [1.29, 1.82) is 0 Å². The second kappa shape index (κ2) is 9.59. The molecule has 1 heterocycles. The van der Waals surface area contributed by atoms with Crippen molar-refractivity contribution in [3.8, 4) is 5.75 Å². The van der Waals surface area contributed by atoms with E-state index in [0.29, 0.717) is 13.0 Å². The van der Waals surface area contributed by atoms with Crippen LogP contribution in [-0.4, -0.2) is 56.0 Å². The molecule has 0 radical (unpaired) electrons. The van der Waals surface area contributed by atoms with Gasteiger partial charge in [-0.2, -0.15) is 0 Å². The SMILES string of the molecule is COC(=O)c1cc(OCCCNC(=O)OC(C)(C)C)cc(C(=O)OC)n1. The quantitative estimate of drug-likeness (QED) is 0.441. The molecule has 1 N–H and O–H groups in total. The Morgan fingerprint density at radius 2 is 1.58 bits per heavy atom. The summed E-state index contributed by atoms with van der Waals surface area (Å²) < 4.78 is 19.8. The van der Waals surface area contributed by atoms with E-state index in [0.717, 1.165) is 0 Å². The number of rotatable bonds is 7. The summed E-state index contributed by atoms with van der Waals surface area (Å²) in [4.78, 5) is 38.7. The van der Waals surface area contributed by atoms with Crippen molar-refractivity contribution in [3.05, 3.63) is 23.5 Å². The van der Waals surface area contributed by atoms with Gasteiger partial charge in [0.2, 0.25) is 0 Å². The van der Waals surface area contributed by atoms with Crippen LogP contribution in [0.5, 0.6) is 5.75 Å². The van der Waals surface area contributed by atoms with Gasteiger partial charge in [0.25, 0.3) is 0 Å². The molecular weight excluding hydrogens is 344 g/mol. The maximum absolute atomic E-state index is 11.6. The van der Waals surface area contributed by atoms with Crippen LogP contribution in [0.3, 0.4) is 0 Å². The van der Waals surface area contributed by atoms with Crippen molar-refractivity contribution in [1.82, 2.24) is 10.3 Å². The average Bonchev–Trinajstić information content (AvgIpc) is 2.58. The maximum Gasteiger partial charge on any atom is 0.407 e. The first-order chi connectivity index (χ1) is 12.2. The number of esters is 2. The summed E-state index contributed by atoms with van der Waals surface area (Å²) in [6.07, 6.45) is -0.0229. The Labute approximate surface area is 152 Å². The number of carbonyl (C=O) groups excluding carboxylic acids is 3. The Hall–Kier alpha value is -2.84. The molecule has 0 saturated heterocycles. The van der Waals surface area contributed by atoms with Crippen LogP contribution >= 0.6 is 0 Å². The normalized spacial score (nSPS) is 10.7. The molecule has 1 rings (SSSR count). The lowest BCUT2D eigenvalue weighted by Crippen LogP contribution is -2.33. The zero-order valence-electron chi connectivity index (χ0n) is 15.6. The van der Waals surface area contributed by atoms with Crippen molar-refractivity contribution in [2.24, 2.45) is 0 Å². The highest BCUT2D eigenvalue weighted by Crippen LogP contribution is 2.16. The first-order valence-electron chi connectivity index (χ1n) is 7.94. The van der Waals surface area contributed by atoms with Gasteiger partial charge in [-0.3, -0.25) is 0 Å². The number of nitrogens with zero attached hydrogens (tertiary/aromatic N) is 1. The van der Waals surface area contributed by atoms with E-state index in [1.807, 2.05) is 0 Å². The fraction of sp³-hybridized carbons (Fsp3) is 0.529. The first-order valence-corrected chi connectivity index (χ1v) is 7.94. The largest absolute Gasteiger partial charge is 0.493 e. The van der Waals surface area contributed by atoms with Gasteiger partial charge in [0, 0.05) is 18.7 Å². The number of carbonyl (C=O) groups is 3. The third kappa shape index (κ3) is 7.37. The number of hydrogen-bond donors (Lipinski definition) is 1. The number of methoxy groups -OCH3 is 2. The molecule has 0 aromatic carbocycles. The Kier molecular flexibility index (Phi) is 7.82. The Balaban J connectivity index is 2.59. The molecule has 0 unspecified atom stereocenters. The predicted octanol–water partition coefficient (Wildman–Crippen LogP) is 1.95. The highest BCUT2D eigenvalue weighted by Gasteiger charge is 2.17. The Morgan fingerprint density at radius 1 is 1.04 bits per heavy atom. The molecule has 9 heteroatoms. The minimum absolute atomic E-state index is 0.0720. The summed E-state index contributed by atoms with van der Waals surface area (Å²) in [6, 6.07) is 2.72. The lowest BCUT2D eigenvalue weighted by Gasteiger charge is -2.19. The molecular formula is C17H24N2O7. The van der Waals surface area contributed by atoms with Crippen LogP contribution in [0, 0.1) is 0 Å². The number of pyridine rings is 1. The van der Waals surface area contributed by atoms with Crippen LogP contribution in [-0.2, 0) is 14.2 Å². The molecule has 1 amide bonds. The van der Waals surface area contributed by atoms with Gasteiger partial charge in [0.1, 0.15) is 11.4 Å². The van der Waals surface area contributed by atoms with Gasteiger partial charge < -0.3 is 24.3 Å². The van der Waals surface area contributed by atoms with E-state index < -0.39 is 23.6 Å². The number of amides is 1. The molecule has 0 aliphatic carbocycles. The molecule has 26 heavy (non-hydrogen) atoms. The predicted molar refractivity (Wildman–Crippen MR) is 91.3 cm³/mol. The van der Waals surface area contributed by atoms with Gasteiger partial charge in [-0.15, -0.1) is 0 Å². The van der Waals surface area contributed by atoms with Crippen molar-refractivity contribution >= 4 is 18.0 Å². The number of hydrogen-bond acceptors (Lipinski definition) is 8.